The van der Waals surface area contributed by atoms with Crippen molar-refractivity contribution in [3.05, 3.63) is 50.4 Å². The monoisotopic (exact) mass is 404 g/mol. The van der Waals surface area contributed by atoms with Gasteiger partial charge in [-0.2, -0.15) is 0 Å². The van der Waals surface area contributed by atoms with Crippen molar-refractivity contribution in [3.63, 3.8) is 0 Å². The van der Waals surface area contributed by atoms with Crippen LogP contribution in [0.5, 0.6) is 0 Å². The lowest BCUT2D eigenvalue weighted by atomic mass is 9.72. The van der Waals surface area contributed by atoms with Gasteiger partial charge in [-0.25, -0.2) is 0 Å². The Morgan fingerprint density at radius 2 is 2.00 bits per heavy atom. The third kappa shape index (κ3) is 4.04. The van der Waals surface area contributed by atoms with E-state index in [1.807, 2.05) is 6.92 Å². The van der Waals surface area contributed by atoms with Gasteiger partial charge in [0.25, 0.3) is 11.8 Å². The number of hydrogen-bond donors (Lipinski definition) is 2. The second-order valence-electron chi connectivity index (χ2n) is 8.30. The number of nitrogens with one attached hydrogen (secondary N) is 1. The molecule has 27 heavy (non-hydrogen) atoms. The zero-order valence-corrected chi connectivity index (χ0v) is 17.7. The molecule has 1 aromatic carbocycles. The topological polar surface area (TPSA) is 72.2 Å². The van der Waals surface area contributed by atoms with Gasteiger partial charge >= 0.3 is 0 Å². The second kappa shape index (κ2) is 7.28. The predicted molar refractivity (Wildman–Crippen MR) is 112 cm³/mol. The van der Waals surface area contributed by atoms with Gasteiger partial charge in [0, 0.05) is 15.5 Å². The molecule has 0 bridgehead atoms. The number of halogens is 1. The highest BCUT2D eigenvalue weighted by atomic mass is 35.5. The van der Waals surface area contributed by atoms with E-state index >= 15 is 0 Å². The number of hydrogen-bond acceptors (Lipinski definition) is 3. The first-order valence-corrected chi connectivity index (χ1v) is 10.3. The number of rotatable bonds is 3. The Hall–Kier alpha value is -1.85. The van der Waals surface area contributed by atoms with Crippen molar-refractivity contribution in [3.8, 4) is 0 Å². The smallest absolute Gasteiger partial charge is 0.256 e. The molecule has 0 unspecified atom stereocenters. The van der Waals surface area contributed by atoms with Crippen molar-refractivity contribution in [2.75, 3.05) is 5.32 Å². The maximum Gasteiger partial charge on any atom is 0.256 e. The third-order valence-electron chi connectivity index (χ3n) is 5.40. The molecule has 1 aliphatic rings. The minimum Gasteiger partial charge on any atom is -0.365 e. The standard InChI is InChI=1S/C21H25ClN2O2S/c1-11-5-6-12(9-15(11)22)19(26)24-20-17(18(23)25)14-8-7-13(21(2,3)4)10-16(14)27-20/h5-6,9,13H,7-8,10H2,1-4H3,(H2,23,25)(H,24,26)/t13-/m0/s1. The Kier molecular flexibility index (Phi) is 5.37. The van der Waals surface area contributed by atoms with E-state index in [2.05, 4.69) is 26.1 Å². The predicted octanol–water partition coefficient (Wildman–Crippen LogP) is 5.21. The van der Waals surface area contributed by atoms with Gasteiger partial charge in [-0.15, -0.1) is 11.3 Å². The van der Waals surface area contributed by atoms with Crippen LogP contribution in [0.25, 0.3) is 0 Å². The largest absolute Gasteiger partial charge is 0.365 e. The molecule has 2 amide bonds. The Morgan fingerprint density at radius 1 is 1.30 bits per heavy atom. The lowest BCUT2D eigenvalue weighted by molar-refractivity contribution is 0.1000. The van der Waals surface area contributed by atoms with E-state index in [4.69, 9.17) is 17.3 Å². The molecular formula is C21H25ClN2O2S. The van der Waals surface area contributed by atoms with E-state index in [0.717, 1.165) is 35.3 Å². The van der Waals surface area contributed by atoms with E-state index in [0.29, 0.717) is 27.1 Å². The van der Waals surface area contributed by atoms with Crippen LogP contribution in [0.4, 0.5) is 5.00 Å². The number of aryl methyl sites for hydroxylation is 1. The molecular weight excluding hydrogens is 380 g/mol. The molecule has 0 aliphatic heterocycles. The molecule has 6 heteroatoms. The Labute approximate surface area is 169 Å². The molecule has 0 fully saturated rings. The summed E-state index contributed by atoms with van der Waals surface area (Å²) >= 11 is 7.61. The van der Waals surface area contributed by atoms with E-state index in [-0.39, 0.29) is 11.3 Å². The molecule has 2 aromatic rings. The average molecular weight is 405 g/mol. The summed E-state index contributed by atoms with van der Waals surface area (Å²) in [4.78, 5) is 25.9. The molecule has 1 aliphatic carbocycles. The average Bonchev–Trinajstić information content (AvgIpc) is 2.93. The van der Waals surface area contributed by atoms with Crippen LogP contribution < -0.4 is 11.1 Å². The van der Waals surface area contributed by atoms with Crippen molar-refractivity contribution >= 4 is 39.8 Å². The minimum absolute atomic E-state index is 0.205. The van der Waals surface area contributed by atoms with Crippen LogP contribution in [0.3, 0.4) is 0 Å². The van der Waals surface area contributed by atoms with Crippen molar-refractivity contribution in [2.24, 2.45) is 17.1 Å². The highest BCUT2D eigenvalue weighted by Crippen LogP contribution is 2.44. The summed E-state index contributed by atoms with van der Waals surface area (Å²) in [6, 6.07) is 5.17. The molecule has 0 saturated heterocycles. The Bertz CT molecular complexity index is 912. The van der Waals surface area contributed by atoms with Gasteiger partial charge in [0.1, 0.15) is 5.00 Å². The van der Waals surface area contributed by atoms with Crippen LogP contribution in [0.15, 0.2) is 18.2 Å². The SMILES string of the molecule is Cc1ccc(C(=O)Nc2sc3c(c2C(N)=O)CC[C@H](C(C)(C)C)C3)cc1Cl. The molecule has 144 valence electrons. The first kappa shape index (κ1) is 19.9. The number of primary amides is 1. The van der Waals surface area contributed by atoms with Crippen LogP contribution >= 0.6 is 22.9 Å². The number of nitrogens with two attached hydrogens (primary N) is 1. The number of amides is 2. The van der Waals surface area contributed by atoms with Gasteiger partial charge in [-0.3, -0.25) is 9.59 Å². The number of fused-ring (bicyclic) bond motifs is 1. The first-order chi connectivity index (χ1) is 12.6. The van der Waals surface area contributed by atoms with Crippen LogP contribution in [0.2, 0.25) is 5.02 Å². The fourth-order valence-electron chi connectivity index (χ4n) is 3.58. The number of carbonyl (C=O) groups is 2. The highest BCUT2D eigenvalue weighted by Gasteiger charge is 2.33. The quantitative estimate of drug-likeness (QED) is 0.736. The Balaban J connectivity index is 1.92. The zero-order chi connectivity index (χ0) is 19.9. The van der Waals surface area contributed by atoms with Crippen molar-refractivity contribution in [1.29, 1.82) is 0 Å². The minimum atomic E-state index is -0.487. The number of thiophene rings is 1. The van der Waals surface area contributed by atoms with E-state index in [1.54, 1.807) is 18.2 Å². The number of benzene rings is 1. The Morgan fingerprint density at radius 3 is 2.59 bits per heavy atom. The van der Waals surface area contributed by atoms with Gasteiger partial charge < -0.3 is 11.1 Å². The summed E-state index contributed by atoms with van der Waals surface area (Å²) in [7, 11) is 0. The zero-order valence-electron chi connectivity index (χ0n) is 16.1. The summed E-state index contributed by atoms with van der Waals surface area (Å²) in [6.45, 7) is 8.62. The molecule has 1 atom stereocenters. The maximum absolute atomic E-state index is 12.7. The second-order valence-corrected chi connectivity index (χ2v) is 9.81. The fourth-order valence-corrected chi connectivity index (χ4v) is 5.09. The highest BCUT2D eigenvalue weighted by molar-refractivity contribution is 7.17. The van der Waals surface area contributed by atoms with Crippen LogP contribution in [0, 0.1) is 18.3 Å². The molecule has 0 radical (unpaired) electrons. The van der Waals surface area contributed by atoms with Crippen molar-refractivity contribution in [1.82, 2.24) is 0 Å². The maximum atomic E-state index is 12.7. The fraction of sp³-hybridized carbons (Fsp3) is 0.429. The number of anilines is 1. The molecule has 0 saturated carbocycles. The van der Waals surface area contributed by atoms with Gasteiger partial charge in [0.15, 0.2) is 0 Å². The third-order valence-corrected chi connectivity index (χ3v) is 6.97. The van der Waals surface area contributed by atoms with Gasteiger partial charge in [-0.05, 0) is 60.8 Å². The summed E-state index contributed by atoms with van der Waals surface area (Å²) in [5, 5.41) is 3.97. The summed E-state index contributed by atoms with van der Waals surface area (Å²) < 4.78 is 0. The van der Waals surface area contributed by atoms with Crippen molar-refractivity contribution < 1.29 is 9.59 Å². The molecule has 3 rings (SSSR count). The van der Waals surface area contributed by atoms with Crippen LogP contribution in [-0.2, 0) is 12.8 Å². The molecule has 1 aromatic heterocycles. The summed E-state index contributed by atoms with van der Waals surface area (Å²) in [6.07, 6.45) is 2.75. The van der Waals surface area contributed by atoms with Gasteiger partial charge in [0.05, 0.1) is 5.56 Å². The lowest BCUT2D eigenvalue weighted by Crippen LogP contribution is -2.27. The van der Waals surface area contributed by atoms with Gasteiger partial charge in [0.2, 0.25) is 0 Å². The van der Waals surface area contributed by atoms with E-state index in [1.165, 1.54) is 11.3 Å². The number of carbonyl (C=O) groups excluding carboxylic acids is 2. The van der Waals surface area contributed by atoms with Crippen LogP contribution in [0.1, 0.15) is 63.9 Å². The van der Waals surface area contributed by atoms with Crippen molar-refractivity contribution in [2.45, 2.75) is 47.0 Å². The van der Waals surface area contributed by atoms with Crippen LogP contribution in [-0.4, -0.2) is 11.8 Å². The lowest BCUT2D eigenvalue weighted by Gasteiger charge is -2.33. The van der Waals surface area contributed by atoms with Gasteiger partial charge in [-0.1, -0.05) is 38.4 Å². The molecule has 1 heterocycles. The van der Waals surface area contributed by atoms with E-state index < -0.39 is 5.91 Å². The summed E-state index contributed by atoms with van der Waals surface area (Å²) in [5.74, 6) is -0.229. The molecule has 0 spiro atoms. The molecule has 4 nitrogen and oxygen atoms in total. The molecule has 3 N–H and O–H groups in total. The normalized spacial score (nSPS) is 16.7. The summed E-state index contributed by atoms with van der Waals surface area (Å²) in [5.41, 5.74) is 8.70. The van der Waals surface area contributed by atoms with E-state index in [9.17, 15) is 9.59 Å². The first-order valence-electron chi connectivity index (χ1n) is 9.09.